The van der Waals surface area contributed by atoms with E-state index in [1.54, 1.807) is 13.2 Å². The second-order valence-electron chi connectivity index (χ2n) is 11.0. The fourth-order valence-corrected chi connectivity index (χ4v) is 5.60. The number of guanidine groups is 1. The molecule has 2 atom stereocenters. The predicted octanol–water partition coefficient (Wildman–Crippen LogP) is 5.11. The van der Waals surface area contributed by atoms with Gasteiger partial charge in [-0.2, -0.15) is 0 Å². The number of rotatable bonds is 9. The summed E-state index contributed by atoms with van der Waals surface area (Å²) in [5.41, 5.74) is 1.46. The SMILES string of the molecule is CCC1(CC)CC(=O)N([C@H](CCOC)c2cccc(C(=O)NC3CC(C)(C)Oc4ccccc43)c2)C(=N)N1. The molecule has 204 valence electrons. The summed E-state index contributed by atoms with van der Waals surface area (Å²) in [4.78, 5) is 28.4. The number of amides is 2. The van der Waals surface area contributed by atoms with E-state index in [2.05, 4.69) is 10.6 Å². The molecule has 8 nitrogen and oxygen atoms in total. The summed E-state index contributed by atoms with van der Waals surface area (Å²) in [6, 6.07) is 14.5. The maximum absolute atomic E-state index is 13.5. The van der Waals surface area contributed by atoms with Crippen molar-refractivity contribution in [3.8, 4) is 5.75 Å². The number of nitrogens with zero attached hydrogens (tertiary/aromatic N) is 1. The topological polar surface area (TPSA) is 104 Å². The Balaban J connectivity index is 1.59. The third-order valence-electron chi connectivity index (χ3n) is 7.86. The molecule has 3 N–H and O–H groups in total. The van der Waals surface area contributed by atoms with Gasteiger partial charge in [0.15, 0.2) is 5.96 Å². The molecule has 0 bridgehead atoms. The van der Waals surface area contributed by atoms with Crippen LogP contribution in [0, 0.1) is 5.41 Å². The maximum Gasteiger partial charge on any atom is 0.251 e. The van der Waals surface area contributed by atoms with Crippen molar-refractivity contribution in [2.24, 2.45) is 0 Å². The van der Waals surface area contributed by atoms with Crippen molar-refractivity contribution < 1.29 is 19.1 Å². The van der Waals surface area contributed by atoms with Gasteiger partial charge < -0.3 is 20.1 Å². The van der Waals surface area contributed by atoms with E-state index in [1.807, 2.05) is 70.2 Å². The Kier molecular flexibility index (Phi) is 8.11. The van der Waals surface area contributed by atoms with Gasteiger partial charge in [0.1, 0.15) is 11.4 Å². The molecule has 2 amide bonds. The van der Waals surface area contributed by atoms with E-state index in [9.17, 15) is 9.59 Å². The number of ether oxygens (including phenoxy) is 2. The first kappa shape index (κ1) is 27.6. The standard InChI is InChI=1S/C30H40N4O4/c1-6-30(7-2)19-26(35)34(28(31)33-30)24(15-16-37-5)20-11-10-12-21(17-20)27(36)32-23-18-29(3,4)38-25-14-9-8-13-22(23)25/h8-14,17,23-24H,6-7,15-16,18-19H2,1-5H3,(H2,31,33)(H,32,36)/t23?,24-/m1/s1. The molecule has 1 saturated heterocycles. The summed E-state index contributed by atoms with van der Waals surface area (Å²) in [5.74, 6) is 0.604. The minimum Gasteiger partial charge on any atom is -0.487 e. The van der Waals surface area contributed by atoms with Crippen molar-refractivity contribution in [2.45, 2.75) is 83.0 Å². The van der Waals surface area contributed by atoms with Crippen LogP contribution in [0.5, 0.6) is 5.75 Å². The van der Waals surface area contributed by atoms with Gasteiger partial charge in [-0.25, -0.2) is 0 Å². The zero-order valence-electron chi connectivity index (χ0n) is 23.1. The molecule has 0 aliphatic carbocycles. The number of carbonyl (C=O) groups is 2. The lowest BCUT2D eigenvalue weighted by Gasteiger charge is -2.45. The summed E-state index contributed by atoms with van der Waals surface area (Å²) < 4.78 is 11.5. The molecule has 1 unspecified atom stereocenters. The highest BCUT2D eigenvalue weighted by Gasteiger charge is 2.42. The van der Waals surface area contributed by atoms with Crippen LogP contribution in [-0.4, -0.2) is 47.5 Å². The number of hydrogen-bond donors (Lipinski definition) is 3. The molecule has 8 heteroatoms. The molecule has 4 rings (SSSR count). The minimum atomic E-state index is -0.426. The average molecular weight is 521 g/mol. The van der Waals surface area contributed by atoms with Gasteiger partial charge in [-0.1, -0.05) is 44.2 Å². The lowest BCUT2D eigenvalue weighted by Crippen LogP contribution is -2.62. The molecule has 0 radical (unpaired) electrons. The molecule has 0 spiro atoms. The van der Waals surface area contributed by atoms with E-state index in [0.717, 1.165) is 29.7 Å². The summed E-state index contributed by atoms with van der Waals surface area (Å²) in [7, 11) is 1.62. The molecule has 2 aliphatic rings. The van der Waals surface area contributed by atoms with Gasteiger partial charge in [0, 0.05) is 36.8 Å². The highest BCUT2D eigenvalue weighted by Crippen LogP contribution is 2.39. The largest absolute Gasteiger partial charge is 0.487 e. The molecule has 2 heterocycles. The van der Waals surface area contributed by atoms with E-state index >= 15 is 0 Å². The van der Waals surface area contributed by atoms with Crippen LogP contribution in [0.4, 0.5) is 0 Å². The van der Waals surface area contributed by atoms with Crippen LogP contribution in [0.3, 0.4) is 0 Å². The monoisotopic (exact) mass is 520 g/mol. The molecule has 2 aliphatic heterocycles. The van der Waals surface area contributed by atoms with Gasteiger partial charge in [0.05, 0.1) is 18.5 Å². The Morgan fingerprint density at radius 3 is 2.63 bits per heavy atom. The van der Waals surface area contributed by atoms with E-state index in [0.29, 0.717) is 31.4 Å². The maximum atomic E-state index is 13.5. The van der Waals surface area contributed by atoms with Crippen molar-refractivity contribution in [2.75, 3.05) is 13.7 Å². The quantitative estimate of drug-likeness (QED) is 0.426. The molecular formula is C30H40N4O4. The molecule has 0 aromatic heterocycles. The van der Waals surface area contributed by atoms with E-state index in [-0.39, 0.29) is 23.8 Å². The molecule has 1 fully saturated rings. The lowest BCUT2D eigenvalue weighted by atomic mass is 9.86. The van der Waals surface area contributed by atoms with Gasteiger partial charge in [0.2, 0.25) is 5.91 Å². The smallest absolute Gasteiger partial charge is 0.251 e. The van der Waals surface area contributed by atoms with Crippen molar-refractivity contribution in [1.29, 1.82) is 5.41 Å². The summed E-state index contributed by atoms with van der Waals surface area (Å²) in [6.07, 6.45) is 2.99. The first-order chi connectivity index (χ1) is 18.1. The summed E-state index contributed by atoms with van der Waals surface area (Å²) >= 11 is 0. The van der Waals surface area contributed by atoms with Gasteiger partial charge in [0.25, 0.3) is 5.91 Å². The third kappa shape index (κ3) is 5.70. The molecule has 2 aromatic carbocycles. The normalized spacial score (nSPS) is 20.7. The van der Waals surface area contributed by atoms with Crippen LogP contribution in [0.2, 0.25) is 0 Å². The molecule has 0 saturated carbocycles. The van der Waals surface area contributed by atoms with E-state index < -0.39 is 17.2 Å². The van der Waals surface area contributed by atoms with Gasteiger partial charge >= 0.3 is 0 Å². The second-order valence-corrected chi connectivity index (χ2v) is 11.0. The van der Waals surface area contributed by atoms with E-state index in [4.69, 9.17) is 14.9 Å². The second kappa shape index (κ2) is 11.2. The van der Waals surface area contributed by atoms with Crippen LogP contribution in [0.25, 0.3) is 0 Å². The molecule has 38 heavy (non-hydrogen) atoms. The van der Waals surface area contributed by atoms with Crippen LogP contribution in [0.15, 0.2) is 48.5 Å². The van der Waals surface area contributed by atoms with Gasteiger partial charge in [-0.05, 0) is 56.9 Å². The Bertz CT molecular complexity index is 1170. The van der Waals surface area contributed by atoms with Crippen molar-refractivity contribution >= 4 is 17.8 Å². The number of methoxy groups -OCH3 is 1. The predicted molar refractivity (Wildman–Crippen MR) is 147 cm³/mol. The zero-order chi connectivity index (χ0) is 27.5. The fraction of sp³-hybridized carbons (Fsp3) is 0.500. The highest BCUT2D eigenvalue weighted by molar-refractivity contribution is 6.00. The Morgan fingerprint density at radius 2 is 1.95 bits per heavy atom. The van der Waals surface area contributed by atoms with Gasteiger partial charge in [-0.3, -0.25) is 19.9 Å². The number of benzene rings is 2. The Morgan fingerprint density at radius 1 is 1.21 bits per heavy atom. The molecular weight excluding hydrogens is 480 g/mol. The van der Waals surface area contributed by atoms with Crippen LogP contribution < -0.4 is 15.4 Å². The highest BCUT2D eigenvalue weighted by atomic mass is 16.5. The lowest BCUT2D eigenvalue weighted by molar-refractivity contribution is -0.133. The number of nitrogens with one attached hydrogen (secondary N) is 3. The average Bonchev–Trinajstić information content (AvgIpc) is 2.89. The van der Waals surface area contributed by atoms with Crippen molar-refractivity contribution in [3.63, 3.8) is 0 Å². The molecule has 2 aromatic rings. The van der Waals surface area contributed by atoms with E-state index in [1.165, 1.54) is 4.90 Å². The van der Waals surface area contributed by atoms with Crippen molar-refractivity contribution in [3.05, 3.63) is 65.2 Å². The fourth-order valence-electron chi connectivity index (χ4n) is 5.60. The van der Waals surface area contributed by atoms with Crippen LogP contribution in [0.1, 0.15) is 93.4 Å². The Labute approximate surface area is 225 Å². The van der Waals surface area contributed by atoms with Crippen molar-refractivity contribution in [1.82, 2.24) is 15.5 Å². The first-order valence-corrected chi connectivity index (χ1v) is 13.5. The Hall–Kier alpha value is -3.39. The minimum absolute atomic E-state index is 0.0885. The van der Waals surface area contributed by atoms with Crippen LogP contribution in [-0.2, 0) is 9.53 Å². The number of fused-ring (bicyclic) bond motifs is 1. The third-order valence-corrected chi connectivity index (χ3v) is 7.86. The number of para-hydroxylation sites is 1. The zero-order valence-corrected chi connectivity index (χ0v) is 23.1. The number of hydrogen-bond acceptors (Lipinski definition) is 5. The van der Waals surface area contributed by atoms with Crippen LogP contribution >= 0.6 is 0 Å². The van der Waals surface area contributed by atoms with Gasteiger partial charge in [-0.15, -0.1) is 0 Å². The number of carbonyl (C=O) groups excluding carboxylic acids is 2. The summed E-state index contributed by atoms with van der Waals surface area (Å²) in [6.45, 7) is 8.53. The summed E-state index contributed by atoms with van der Waals surface area (Å²) in [5, 5.41) is 15.2. The first-order valence-electron chi connectivity index (χ1n) is 13.5.